The van der Waals surface area contributed by atoms with Gasteiger partial charge >= 0.3 is 0 Å². The van der Waals surface area contributed by atoms with Crippen LogP contribution in [0.1, 0.15) is 24.1 Å². The maximum atomic E-state index is 12.6. The standard InChI is InChI=1S/C20H19F2N3O2S/c21-19(22)14-4-5-18(23-9-14)27-17-6-7-25(10-17)16-3-1-2-13(8-16)20-24-15(11-26)12-28-20/h1-5,8-9,12,17,19,26H,6-7,10-11H2/t17-/m0/s1. The average molecular weight is 403 g/mol. The first-order valence-corrected chi connectivity index (χ1v) is 9.82. The molecule has 1 aliphatic heterocycles. The number of aliphatic hydroxyl groups excluding tert-OH is 1. The number of thiazole rings is 1. The minimum atomic E-state index is -2.53. The van der Waals surface area contributed by atoms with E-state index in [0.29, 0.717) is 18.1 Å². The first kappa shape index (κ1) is 18.8. The van der Waals surface area contributed by atoms with Crippen LogP contribution in [0.15, 0.2) is 48.0 Å². The minimum Gasteiger partial charge on any atom is -0.472 e. The molecule has 1 aromatic carbocycles. The van der Waals surface area contributed by atoms with Crippen molar-refractivity contribution in [2.75, 3.05) is 18.0 Å². The van der Waals surface area contributed by atoms with Crippen molar-refractivity contribution in [1.29, 1.82) is 0 Å². The van der Waals surface area contributed by atoms with Crippen LogP contribution in [0.25, 0.3) is 10.6 Å². The number of aliphatic hydroxyl groups is 1. The van der Waals surface area contributed by atoms with Crippen LogP contribution in [0.3, 0.4) is 0 Å². The van der Waals surface area contributed by atoms with E-state index in [1.165, 1.54) is 23.5 Å². The van der Waals surface area contributed by atoms with Crippen LogP contribution in [-0.4, -0.2) is 34.3 Å². The molecule has 28 heavy (non-hydrogen) atoms. The summed E-state index contributed by atoms with van der Waals surface area (Å²) in [4.78, 5) is 10.6. The SMILES string of the molecule is OCc1csc(-c2cccc(N3CC[C@H](Oc4ccc(C(F)F)cn4)C3)c2)n1. The lowest BCUT2D eigenvalue weighted by Crippen LogP contribution is -2.24. The van der Waals surface area contributed by atoms with Crippen molar-refractivity contribution in [2.45, 2.75) is 25.6 Å². The van der Waals surface area contributed by atoms with Crippen LogP contribution < -0.4 is 9.64 Å². The summed E-state index contributed by atoms with van der Waals surface area (Å²) in [6, 6.07) is 11.0. The highest BCUT2D eigenvalue weighted by atomic mass is 32.1. The van der Waals surface area contributed by atoms with E-state index < -0.39 is 6.43 Å². The van der Waals surface area contributed by atoms with Gasteiger partial charge in [0.05, 0.1) is 18.8 Å². The summed E-state index contributed by atoms with van der Waals surface area (Å²) in [6.07, 6.45) is -0.587. The van der Waals surface area contributed by atoms with Gasteiger partial charge in [0, 0.05) is 47.4 Å². The van der Waals surface area contributed by atoms with Gasteiger partial charge in [-0.25, -0.2) is 18.7 Å². The maximum absolute atomic E-state index is 12.6. The number of rotatable bonds is 6. The number of ether oxygens (including phenoxy) is 1. The fraction of sp³-hybridized carbons (Fsp3) is 0.300. The topological polar surface area (TPSA) is 58.5 Å². The highest BCUT2D eigenvalue weighted by Crippen LogP contribution is 2.30. The van der Waals surface area contributed by atoms with E-state index in [1.54, 1.807) is 0 Å². The molecule has 2 aromatic heterocycles. The maximum Gasteiger partial charge on any atom is 0.265 e. The van der Waals surface area contributed by atoms with E-state index in [9.17, 15) is 13.9 Å². The Hall–Kier alpha value is -2.58. The second kappa shape index (κ2) is 8.20. The van der Waals surface area contributed by atoms with Crippen molar-refractivity contribution < 1.29 is 18.6 Å². The smallest absolute Gasteiger partial charge is 0.265 e. The highest BCUT2D eigenvalue weighted by Gasteiger charge is 2.25. The van der Waals surface area contributed by atoms with Crippen LogP contribution >= 0.6 is 11.3 Å². The van der Waals surface area contributed by atoms with Gasteiger partial charge in [-0.1, -0.05) is 12.1 Å². The van der Waals surface area contributed by atoms with Gasteiger partial charge in [0.2, 0.25) is 5.88 Å². The van der Waals surface area contributed by atoms with Gasteiger partial charge in [0.1, 0.15) is 11.1 Å². The van der Waals surface area contributed by atoms with Crippen molar-refractivity contribution in [3.8, 4) is 16.5 Å². The van der Waals surface area contributed by atoms with E-state index in [1.807, 2.05) is 23.6 Å². The Bertz CT molecular complexity index is 933. The summed E-state index contributed by atoms with van der Waals surface area (Å²) in [5.74, 6) is 0.365. The lowest BCUT2D eigenvalue weighted by Gasteiger charge is -2.19. The van der Waals surface area contributed by atoms with Crippen molar-refractivity contribution >= 4 is 17.0 Å². The third-order valence-electron chi connectivity index (χ3n) is 4.62. The van der Waals surface area contributed by atoms with Gasteiger partial charge < -0.3 is 14.7 Å². The van der Waals surface area contributed by atoms with E-state index in [0.717, 1.165) is 35.4 Å². The molecule has 1 saturated heterocycles. The molecule has 1 atom stereocenters. The molecule has 3 aromatic rings. The number of halogens is 2. The molecule has 1 aliphatic rings. The van der Waals surface area contributed by atoms with E-state index in [4.69, 9.17) is 4.74 Å². The molecule has 0 aliphatic carbocycles. The molecule has 0 amide bonds. The number of alkyl halides is 2. The van der Waals surface area contributed by atoms with Crippen molar-refractivity contribution in [1.82, 2.24) is 9.97 Å². The molecular weight excluding hydrogens is 384 g/mol. The van der Waals surface area contributed by atoms with Crippen LogP contribution in [0, 0.1) is 0 Å². The van der Waals surface area contributed by atoms with Gasteiger partial charge in [0.15, 0.2) is 0 Å². The largest absolute Gasteiger partial charge is 0.472 e. The summed E-state index contributed by atoms with van der Waals surface area (Å²) >= 11 is 1.51. The number of anilines is 1. The fourth-order valence-corrected chi connectivity index (χ4v) is 3.98. The molecule has 5 nitrogen and oxygen atoms in total. The summed E-state index contributed by atoms with van der Waals surface area (Å²) in [5, 5.41) is 11.9. The number of nitrogens with zero attached hydrogens (tertiary/aromatic N) is 3. The van der Waals surface area contributed by atoms with Gasteiger partial charge in [-0.05, 0) is 18.2 Å². The second-order valence-electron chi connectivity index (χ2n) is 6.56. The molecule has 1 fully saturated rings. The van der Waals surface area contributed by atoms with Crippen LogP contribution in [0.4, 0.5) is 14.5 Å². The van der Waals surface area contributed by atoms with Crippen LogP contribution in [0.5, 0.6) is 5.88 Å². The fourth-order valence-electron chi connectivity index (χ4n) is 3.17. The number of hydrogen-bond acceptors (Lipinski definition) is 6. The monoisotopic (exact) mass is 403 g/mol. The average Bonchev–Trinajstić information content (AvgIpc) is 3.38. The molecule has 0 spiro atoms. The predicted octanol–water partition coefficient (Wildman–Crippen LogP) is 4.29. The normalized spacial score (nSPS) is 16.7. The third kappa shape index (κ3) is 4.13. The lowest BCUT2D eigenvalue weighted by molar-refractivity contribution is 0.150. The van der Waals surface area contributed by atoms with Crippen molar-refractivity contribution in [3.63, 3.8) is 0 Å². The predicted molar refractivity (Wildman–Crippen MR) is 104 cm³/mol. The third-order valence-corrected chi connectivity index (χ3v) is 5.56. The quantitative estimate of drug-likeness (QED) is 0.665. The lowest BCUT2D eigenvalue weighted by atomic mass is 10.2. The number of pyridine rings is 1. The Balaban J connectivity index is 1.42. The van der Waals surface area contributed by atoms with Crippen molar-refractivity contribution in [2.24, 2.45) is 0 Å². The number of hydrogen-bond donors (Lipinski definition) is 1. The molecule has 146 valence electrons. The minimum absolute atomic E-state index is 0.0468. The Kier molecular flexibility index (Phi) is 5.50. The Morgan fingerprint density at radius 3 is 2.89 bits per heavy atom. The van der Waals surface area contributed by atoms with Crippen molar-refractivity contribution in [3.05, 3.63) is 59.2 Å². The molecule has 0 radical (unpaired) electrons. The van der Waals surface area contributed by atoms with Crippen LogP contribution in [0.2, 0.25) is 0 Å². The first-order chi connectivity index (χ1) is 13.6. The van der Waals surface area contributed by atoms with E-state index >= 15 is 0 Å². The van der Waals surface area contributed by atoms with E-state index in [-0.39, 0.29) is 18.3 Å². The van der Waals surface area contributed by atoms with Gasteiger partial charge in [-0.15, -0.1) is 11.3 Å². The molecule has 8 heteroatoms. The molecule has 0 bridgehead atoms. The van der Waals surface area contributed by atoms with Gasteiger partial charge in [-0.3, -0.25) is 0 Å². The number of benzene rings is 1. The van der Waals surface area contributed by atoms with E-state index in [2.05, 4.69) is 20.9 Å². The molecular formula is C20H19F2N3O2S. The highest BCUT2D eigenvalue weighted by molar-refractivity contribution is 7.13. The Morgan fingerprint density at radius 1 is 1.29 bits per heavy atom. The summed E-state index contributed by atoms with van der Waals surface area (Å²) in [7, 11) is 0. The Morgan fingerprint density at radius 2 is 2.18 bits per heavy atom. The molecule has 0 saturated carbocycles. The first-order valence-electron chi connectivity index (χ1n) is 8.94. The number of aromatic nitrogens is 2. The molecule has 4 rings (SSSR count). The van der Waals surface area contributed by atoms with Gasteiger partial charge in [-0.2, -0.15) is 0 Å². The molecule has 3 heterocycles. The molecule has 1 N–H and O–H groups in total. The Labute approximate surface area is 165 Å². The summed E-state index contributed by atoms with van der Waals surface area (Å²) in [5.41, 5.74) is 2.65. The zero-order chi connectivity index (χ0) is 19.5. The zero-order valence-electron chi connectivity index (χ0n) is 15.0. The van der Waals surface area contributed by atoms with Crippen LogP contribution in [-0.2, 0) is 6.61 Å². The molecule has 0 unspecified atom stereocenters. The zero-order valence-corrected chi connectivity index (χ0v) is 15.8. The second-order valence-corrected chi connectivity index (χ2v) is 7.42. The summed E-state index contributed by atoms with van der Waals surface area (Å²) in [6.45, 7) is 1.47. The van der Waals surface area contributed by atoms with Gasteiger partial charge in [0.25, 0.3) is 6.43 Å². The summed E-state index contributed by atoms with van der Waals surface area (Å²) < 4.78 is 31.1.